The molecule has 1 fully saturated rings. The molecule has 5 heteroatoms. The van der Waals surface area contributed by atoms with Gasteiger partial charge >= 0.3 is 0 Å². The predicted molar refractivity (Wildman–Crippen MR) is 72.2 cm³/mol. The van der Waals surface area contributed by atoms with E-state index in [2.05, 4.69) is 6.58 Å². The van der Waals surface area contributed by atoms with Gasteiger partial charge in [0.25, 0.3) is 0 Å². The number of ether oxygens (including phenoxy) is 5. The van der Waals surface area contributed by atoms with E-state index in [1.165, 1.54) is 0 Å². The Hall–Kier alpha value is -0.460. The minimum absolute atomic E-state index is 0.0571. The van der Waals surface area contributed by atoms with E-state index in [4.69, 9.17) is 23.7 Å². The van der Waals surface area contributed by atoms with Crippen molar-refractivity contribution in [2.75, 3.05) is 46.9 Å². The Kier molecular flexibility index (Phi) is 9.93. The highest BCUT2D eigenvalue weighted by atomic mass is 16.7. The highest BCUT2D eigenvalue weighted by Gasteiger charge is 2.23. The van der Waals surface area contributed by atoms with Crippen molar-refractivity contribution in [3.8, 4) is 0 Å². The molecule has 1 rings (SSSR count). The van der Waals surface area contributed by atoms with Crippen LogP contribution in [0.4, 0.5) is 0 Å². The molecule has 0 aliphatic carbocycles. The molecule has 112 valence electrons. The van der Waals surface area contributed by atoms with Crippen LogP contribution in [-0.2, 0) is 23.7 Å². The molecule has 0 aromatic carbocycles. The second-order valence-electron chi connectivity index (χ2n) is 4.52. The Balaban J connectivity index is 2.00. The largest absolute Gasteiger partial charge is 0.381 e. The molecule has 0 amide bonds. The maximum atomic E-state index is 5.56. The molecule has 19 heavy (non-hydrogen) atoms. The number of methoxy groups -OCH3 is 1. The fraction of sp³-hybridized carbons (Fsp3) is 0.857. The van der Waals surface area contributed by atoms with Crippen LogP contribution in [0, 0.1) is 0 Å². The highest BCUT2D eigenvalue weighted by Crippen LogP contribution is 2.10. The Morgan fingerprint density at radius 3 is 2.89 bits per heavy atom. The van der Waals surface area contributed by atoms with Crippen LogP contribution in [0.1, 0.15) is 19.3 Å². The summed E-state index contributed by atoms with van der Waals surface area (Å²) < 4.78 is 26.6. The van der Waals surface area contributed by atoms with Crippen molar-refractivity contribution in [2.24, 2.45) is 0 Å². The molecule has 0 aromatic heterocycles. The van der Waals surface area contributed by atoms with Crippen LogP contribution in [0.5, 0.6) is 0 Å². The van der Waals surface area contributed by atoms with Crippen molar-refractivity contribution in [1.29, 1.82) is 0 Å². The Morgan fingerprint density at radius 2 is 2.21 bits per heavy atom. The highest BCUT2D eigenvalue weighted by molar-refractivity contribution is 4.68. The summed E-state index contributed by atoms with van der Waals surface area (Å²) >= 11 is 0. The van der Waals surface area contributed by atoms with Crippen molar-refractivity contribution in [2.45, 2.75) is 31.5 Å². The van der Waals surface area contributed by atoms with Crippen LogP contribution in [0.25, 0.3) is 0 Å². The van der Waals surface area contributed by atoms with Gasteiger partial charge in [-0.25, -0.2) is 0 Å². The second kappa shape index (κ2) is 11.4. The first-order valence-electron chi connectivity index (χ1n) is 6.85. The summed E-state index contributed by atoms with van der Waals surface area (Å²) in [6.45, 7) is 7.49. The SMILES string of the molecule is C=CCCOCCCC(COCC1CO1)OCOC. The minimum Gasteiger partial charge on any atom is -0.381 e. The fourth-order valence-corrected chi connectivity index (χ4v) is 1.56. The van der Waals surface area contributed by atoms with Crippen LogP contribution in [-0.4, -0.2) is 59.1 Å². The van der Waals surface area contributed by atoms with E-state index in [1.54, 1.807) is 7.11 Å². The Bertz CT molecular complexity index is 218. The van der Waals surface area contributed by atoms with Gasteiger partial charge in [0.2, 0.25) is 0 Å². The molecule has 0 N–H and O–H groups in total. The molecule has 5 nitrogen and oxygen atoms in total. The second-order valence-corrected chi connectivity index (χ2v) is 4.52. The van der Waals surface area contributed by atoms with Crippen LogP contribution in [0.3, 0.4) is 0 Å². The zero-order valence-electron chi connectivity index (χ0n) is 11.8. The first kappa shape index (κ1) is 16.6. The molecule has 1 saturated heterocycles. The Labute approximate surface area is 115 Å². The molecule has 0 radical (unpaired) electrons. The molecule has 1 aliphatic rings. The summed E-state index contributed by atoms with van der Waals surface area (Å²) in [6.07, 6.45) is 4.97. The maximum absolute atomic E-state index is 5.56. The molecular formula is C14H26O5. The van der Waals surface area contributed by atoms with Crippen LogP contribution >= 0.6 is 0 Å². The van der Waals surface area contributed by atoms with E-state index < -0.39 is 0 Å². The van der Waals surface area contributed by atoms with Gasteiger partial charge in [0.1, 0.15) is 12.9 Å². The van der Waals surface area contributed by atoms with Gasteiger partial charge < -0.3 is 23.7 Å². The average Bonchev–Trinajstić information content (AvgIpc) is 3.23. The lowest BCUT2D eigenvalue weighted by Gasteiger charge is -2.17. The zero-order chi connectivity index (χ0) is 13.8. The van der Waals surface area contributed by atoms with Crippen LogP contribution in [0.2, 0.25) is 0 Å². The third-order valence-corrected chi connectivity index (χ3v) is 2.71. The molecular weight excluding hydrogens is 248 g/mol. The van der Waals surface area contributed by atoms with Crippen molar-refractivity contribution in [1.82, 2.24) is 0 Å². The third-order valence-electron chi connectivity index (χ3n) is 2.71. The van der Waals surface area contributed by atoms with Crippen molar-refractivity contribution < 1.29 is 23.7 Å². The minimum atomic E-state index is 0.0571. The lowest BCUT2D eigenvalue weighted by molar-refractivity contribution is -0.102. The van der Waals surface area contributed by atoms with E-state index in [0.29, 0.717) is 26.1 Å². The third kappa shape index (κ3) is 10.0. The molecule has 0 bridgehead atoms. The van der Waals surface area contributed by atoms with Crippen molar-refractivity contribution >= 4 is 0 Å². The lowest BCUT2D eigenvalue weighted by Crippen LogP contribution is -2.23. The molecule has 1 heterocycles. The first-order valence-corrected chi connectivity index (χ1v) is 6.85. The number of hydrogen-bond acceptors (Lipinski definition) is 5. The van der Waals surface area contributed by atoms with Crippen molar-refractivity contribution in [3.05, 3.63) is 12.7 Å². The summed E-state index contributed by atoms with van der Waals surface area (Å²) in [5, 5.41) is 0. The fourth-order valence-electron chi connectivity index (χ4n) is 1.56. The standard InChI is InChI=1S/C14H26O5/c1-3-4-7-16-8-5-6-13(19-12-15-2)9-17-10-14-11-18-14/h3,13-14H,1,4-12H2,2H3. The smallest absolute Gasteiger partial charge is 0.146 e. The number of rotatable bonds is 14. The first-order chi connectivity index (χ1) is 9.36. The zero-order valence-corrected chi connectivity index (χ0v) is 11.8. The predicted octanol–water partition coefficient (Wildman–Crippen LogP) is 1.76. The van der Waals surface area contributed by atoms with Crippen LogP contribution in [0.15, 0.2) is 12.7 Å². The Morgan fingerprint density at radius 1 is 1.37 bits per heavy atom. The van der Waals surface area contributed by atoms with E-state index in [9.17, 15) is 0 Å². The van der Waals surface area contributed by atoms with E-state index in [1.807, 2.05) is 6.08 Å². The molecule has 0 aromatic rings. The van der Waals surface area contributed by atoms with E-state index in [-0.39, 0.29) is 6.10 Å². The van der Waals surface area contributed by atoms with Gasteiger partial charge in [-0.05, 0) is 19.3 Å². The normalized spacial score (nSPS) is 19.3. The molecule has 0 saturated carbocycles. The number of hydrogen-bond donors (Lipinski definition) is 0. The molecule has 0 spiro atoms. The molecule has 1 aliphatic heterocycles. The van der Waals surface area contributed by atoms with Gasteiger partial charge in [0, 0.05) is 20.3 Å². The summed E-state index contributed by atoms with van der Waals surface area (Å²) in [5.74, 6) is 0. The summed E-state index contributed by atoms with van der Waals surface area (Å²) in [6, 6.07) is 0. The van der Waals surface area contributed by atoms with Gasteiger partial charge in [0.15, 0.2) is 0 Å². The van der Waals surface area contributed by atoms with Gasteiger partial charge in [-0.1, -0.05) is 6.08 Å². The van der Waals surface area contributed by atoms with Gasteiger partial charge in [-0.2, -0.15) is 0 Å². The summed E-state index contributed by atoms with van der Waals surface area (Å²) in [5.41, 5.74) is 0. The topological polar surface area (TPSA) is 49.5 Å². The number of epoxide rings is 1. The van der Waals surface area contributed by atoms with E-state index in [0.717, 1.165) is 39.1 Å². The van der Waals surface area contributed by atoms with Crippen molar-refractivity contribution in [3.63, 3.8) is 0 Å². The van der Waals surface area contributed by atoms with E-state index >= 15 is 0 Å². The average molecular weight is 274 g/mol. The van der Waals surface area contributed by atoms with Gasteiger partial charge in [0.05, 0.1) is 25.9 Å². The molecule has 2 atom stereocenters. The van der Waals surface area contributed by atoms with Gasteiger partial charge in [-0.3, -0.25) is 0 Å². The lowest BCUT2D eigenvalue weighted by atomic mass is 10.2. The molecule has 2 unspecified atom stereocenters. The maximum Gasteiger partial charge on any atom is 0.146 e. The summed E-state index contributed by atoms with van der Waals surface area (Å²) in [4.78, 5) is 0. The quantitative estimate of drug-likeness (QED) is 0.209. The monoisotopic (exact) mass is 274 g/mol. The van der Waals surface area contributed by atoms with Crippen LogP contribution < -0.4 is 0 Å². The summed E-state index contributed by atoms with van der Waals surface area (Å²) in [7, 11) is 1.62. The van der Waals surface area contributed by atoms with Gasteiger partial charge in [-0.15, -0.1) is 6.58 Å².